The summed E-state index contributed by atoms with van der Waals surface area (Å²) in [6.07, 6.45) is 4.62. The van der Waals surface area contributed by atoms with Crippen LogP contribution >= 0.6 is 0 Å². The lowest BCUT2D eigenvalue weighted by Crippen LogP contribution is -2.46. The van der Waals surface area contributed by atoms with Crippen LogP contribution in [0.4, 0.5) is 0 Å². The maximum atomic E-state index is 12.4. The topological polar surface area (TPSA) is 88.5 Å². The van der Waals surface area contributed by atoms with E-state index in [1.807, 2.05) is 6.07 Å². The summed E-state index contributed by atoms with van der Waals surface area (Å²) >= 11 is 0. The molecule has 1 saturated heterocycles. The summed E-state index contributed by atoms with van der Waals surface area (Å²) < 4.78 is 5.65. The van der Waals surface area contributed by atoms with Crippen LogP contribution in [0.5, 0.6) is 0 Å². The molecule has 0 aliphatic carbocycles. The normalized spacial score (nSPS) is 33.1. The average molecular weight is 288 g/mol. The van der Waals surface area contributed by atoms with Gasteiger partial charge in [0.05, 0.1) is 29.9 Å². The first-order valence-electron chi connectivity index (χ1n) is 6.79. The zero-order valence-electron chi connectivity index (χ0n) is 11.5. The first kappa shape index (κ1) is 13.8. The molecule has 1 aromatic rings. The summed E-state index contributed by atoms with van der Waals surface area (Å²) in [4.78, 5) is 27.9. The number of fused-ring (bicyclic) bond motifs is 2. The third-order valence-electron chi connectivity index (χ3n) is 4.07. The standard InChI is InChI=1S/C15H16N2O4/c1-15-6-5-10(21-15)11(14(19)20)12(15)13(18)17-8-9-4-2-3-7-16-9/h2-7,10-12H,8H2,1H3,(H,17,18)(H,19,20)/t10-,11+,12+,15+/m1/s1. The van der Waals surface area contributed by atoms with Crippen LogP contribution in [0.15, 0.2) is 36.5 Å². The first-order valence-corrected chi connectivity index (χ1v) is 6.79. The Kier molecular flexibility index (Phi) is 3.25. The molecule has 4 atom stereocenters. The Hall–Kier alpha value is -2.21. The molecule has 2 aliphatic rings. The van der Waals surface area contributed by atoms with Crippen molar-refractivity contribution < 1.29 is 19.4 Å². The van der Waals surface area contributed by atoms with Crippen molar-refractivity contribution in [3.63, 3.8) is 0 Å². The van der Waals surface area contributed by atoms with Gasteiger partial charge in [0, 0.05) is 6.20 Å². The van der Waals surface area contributed by atoms with E-state index in [4.69, 9.17) is 4.74 Å². The fourth-order valence-corrected chi connectivity index (χ4v) is 3.07. The van der Waals surface area contributed by atoms with E-state index >= 15 is 0 Å². The van der Waals surface area contributed by atoms with E-state index < -0.39 is 29.5 Å². The second-order valence-corrected chi connectivity index (χ2v) is 5.51. The maximum Gasteiger partial charge on any atom is 0.310 e. The molecule has 1 amide bonds. The molecule has 1 fully saturated rings. The fraction of sp³-hybridized carbons (Fsp3) is 0.400. The molecule has 0 unspecified atom stereocenters. The number of aromatic nitrogens is 1. The second kappa shape index (κ2) is 4.96. The molecule has 6 nitrogen and oxygen atoms in total. The van der Waals surface area contributed by atoms with Gasteiger partial charge < -0.3 is 15.2 Å². The quantitative estimate of drug-likeness (QED) is 0.798. The summed E-state index contributed by atoms with van der Waals surface area (Å²) in [6.45, 7) is 2.02. The number of carbonyl (C=O) groups excluding carboxylic acids is 1. The number of aliphatic carboxylic acids is 1. The molecule has 21 heavy (non-hydrogen) atoms. The van der Waals surface area contributed by atoms with Gasteiger partial charge in [0.2, 0.25) is 5.91 Å². The summed E-state index contributed by atoms with van der Waals surface area (Å²) in [7, 11) is 0. The van der Waals surface area contributed by atoms with Crippen LogP contribution in [0.3, 0.4) is 0 Å². The molecule has 2 bridgehead atoms. The molecular weight excluding hydrogens is 272 g/mol. The highest BCUT2D eigenvalue weighted by atomic mass is 16.5. The number of amides is 1. The van der Waals surface area contributed by atoms with Gasteiger partial charge in [0.25, 0.3) is 0 Å². The summed E-state index contributed by atoms with van der Waals surface area (Å²) in [6, 6.07) is 5.43. The third kappa shape index (κ3) is 2.31. The average Bonchev–Trinajstić information content (AvgIpc) is 2.99. The van der Waals surface area contributed by atoms with Crippen molar-refractivity contribution in [2.45, 2.75) is 25.2 Å². The highest BCUT2D eigenvalue weighted by Gasteiger charge is 2.59. The molecule has 0 spiro atoms. The van der Waals surface area contributed by atoms with Crippen molar-refractivity contribution in [2.24, 2.45) is 11.8 Å². The smallest absolute Gasteiger partial charge is 0.310 e. The van der Waals surface area contributed by atoms with Crippen molar-refractivity contribution >= 4 is 11.9 Å². The Morgan fingerprint density at radius 3 is 2.95 bits per heavy atom. The van der Waals surface area contributed by atoms with Crippen LogP contribution in [-0.4, -0.2) is 33.7 Å². The van der Waals surface area contributed by atoms with Crippen LogP contribution < -0.4 is 5.32 Å². The molecule has 0 saturated carbocycles. The number of rotatable bonds is 4. The number of carboxylic acids is 1. The lowest BCUT2D eigenvalue weighted by atomic mass is 9.76. The molecule has 1 aromatic heterocycles. The number of nitrogens with zero attached hydrogens (tertiary/aromatic N) is 1. The minimum Gasteiger partial charge on any atom is -0.481 e. The zero-order chi connectivity index (χ0) is 15.0. The van der Waals surface area contributed by atoms with E-state index in [1.54, 1.807) is 37.4 Å². The molecule has 2 aliphatic heterocycles. The number of carboxylic acid groups (broad SMARTS) is 1. The fourth-order valence-electron chi connectivity index (χ4n) is 3.07. The minimum atomic E-state index is -1.01. The molecular formula is C15H16N2O4. The number of hydrogen-bond acceptors (Lipinski definition) is 4. The summed E-state index contributed by atoms with van der Waals surface area (Å²) in [5, 5.41) is 12.1. The molecule has 3 heterocycles. The molecule has 2 N–H and O–H groups in total. The molecule has 0 aromatic carbocycles. The Labute approximate surface area is 121 Å². The number of carbonyl (C=O) groups is 2. The Morgan fingerprint density at radius 2 is 2.29 bits per heavy atom. The Balaban J connectivity index is 1.74. The van der Waals surface area contributed by atoms with Gasteiger partial charge >= 0.3 is 5.97 Å². The van der Waals surface area contributed by atoms with Crippen molar-refractivity contribution in [3.8, 4) is 0 Å². The zero-order valence-corrected chi connectivity index (χ0v) is 11.5. The lowest BCUT2D eigenvalue weighted by molar-refractivity contribution is -0.147. The van der Waals surface area contributed by atoms with E-state index in [9.17, 15) is 14.7 Å². The molecule has 3 rings (SSSR count). The van der Waals surface area contributed by atoms with Gasteiger partial charge in [-0.2, -0.15) is 0 Å². The monoisotopic (exact) mass is 288 g/mol. The highest BCUT2D eigenvalue weighted by molar-refractivity contribution is 5.88. The summed E-state index contributed by atoms with van der Waals surface area (Å²) in [5.41, 5.74) is -0.121. The van der Waals surface area contributed by atoms with E-state index in [2.05, 4.69) is 10.3 Å². The molecule has 110 valence electrons. The Morgan fingerprint density at radius 1 is 1.48 bits per heavy atom. The number of hydrogen-bond donors (Lipinski definition) is 2. The predicted molar refractivity (Wildman–Crippen MR) is 73.1 cm³/mol. The van der Waals surface area contributed by atoms with E-state index in [0.29, 0.717) is 0 Å². The van der Waals surface area contributed by atoms with Gasteiger partial charge in [0.1, 0.15) is 5.92 Å². The van der Waals surface area contributed by atoms with Gasteiger partial charge in [-0.15, -0.1) is 0 Å². The number of ether oxygens (including phenoxy) is 1. The summed E-state index contributed by atoms with van der Waals surface area (Å²) in [5.74, 6) is -2.90. The van der Waals surface area contributed by atoms with Crippen molar-refractivity contribution in [2.75, 3.05) is 0 Å². The van der Waals surface area contributed by atoms with Gasteiger partial charge in [-0.1, -0.05) is 18.2 Å². The number of nitrogens with one attached hydrogen (secondary N) is 1. The molecule has 0 radical (unpaired) electrons. The van der Waals surface area contributed by atoms with Gasteiger partial charge in [-0.3, -0.25) is 14.6 Å². The lowest BCUT2D eigenvalue weighted by Gasteiger charge is -2.27. The van der Waals surface area contributed by atoms with Gasteiger partial charge in [-0.25, -0.2) is 0 Å². The van der Waals surface area contributed by atoms with Crippen LogP contribution in [0.25, 0.3) is 0 Å². The maximum absolute atomic E-state index is 12.4. The second-order valence-electron chi connectivity index (χ2n) is 5.51. The van der Waals surface area contributed by atoms with Crippen molar-refractivity contribution in [1.29, 1.82) is 0 Å². The van der Waals surface area contributed by atoms with E-state index in [0.717, 1.165) is 5.69 Å². The largest absolute Gasteiger partial charge is 0.481 e. The highest BCUT2D eigenvalue weighted by Crippen LogP contribution is 2.47. The van der Waals surface area contributed by atoms with E-state index in [1.165, 1.54) is 0 Å². The van der Waals surface area contributed by atoms with Crippen LogP contribution in [0, 0.1) is 11.8 Å². The van der Waals surface area contributed by atoms with Crippen LogP contribution in [-0.2, 0) is 20.9 Å². The molecule has 6 heteroatoms. The number of pyridine rings is 1. The Bertz CT molecular complexity index is 601. The van der Waals surface area contributed by atoms with Gasteiger partial charge in [-0.05, 0) is 19.1 Å². The van der Waals surface area contributed by atoms with Crippen molar-refractivity contribution in [3.05, 3.63) is 42.2 Å². The van der Waals surface area contributed by atoms with Gasteiger partial charge in [0.15, 0.2) is 0 Å². The van der Waals surface area contributed by atoms with Crippen LogP contribution in [0.2, 0.25) is 0 Å². The SMILES string of the molecule is C[C@@]12C=C[C@@H](O1)[C@H](C(=O)O)[C@H]2C(=O)NCc1ccccn1. The first-order chi connectivity index (χ1) is 10.0. The van der Waals surface area contributed by atoms with Crippen LogP contribution in [0.1, 0.15) is 12.6 Å². The third-order valence-corrected chi connectivity index (χ3v) is 4.07. The van der Waals surface area contributed by atoms with Crippen molar-refractivity contribution in [1.82, 2.24) is 10.3 Å². The minimum absolute atomic E-state index is 0.271. The predicted octanol–water partition coefficient (Wildman–Crippen LogP) is 0.742. The van der Waals surface area contributed by atoms with E-state index in [-0.39, 0.29) is 12.5 Å².